The summed E-state index contributed by atoms with van der Waals surface area (Å²) in [5.41, 5.74) is 1.40. The number of carboxylic acids is 1. The number of hydrogen-bond donors (Lipinski definition) is 2. The highest BCUT2D eigenvalue weighted by atomic mass is 16.5. The molecule has 0 saturated carbocycles. The molecule has 1 aliphatic rings. The van der Waals surface area contributed by atoms with E-state index >= 15 is 0 Å². The minimum Gasteiger partial charge on any atom is -0.475 e. The SMILES string of the molecule is Cn1c(C(=O)O)nc2c1CN(O)C2. The standard InChI is InChI=1S/C7H9N3O3/c1-9-5-3-10(13)2-4(5)8-6(9)7(11)12/h13H,2-3H2,1H3,(H,11,12). The van der Waals surface area contributed by atoms with E-state index in [4.69, 9.17) is 10.3 Å². The number of aromatic carboxylic acids is 1. The van der Waals surface area contributed by atoms with Crippen molar-refractivity contribution >= 4 is 5.97 Å². The van der Waals surface area contributed by atoms with Crippen LogP contribution in [0.15, 0.2) is 0 Å². The first-order valence-electron chi connectivity index (χ1n) is 3.81. The molecule has 0 spiro atoms. The van der Waals surface area contributed by atoms with Crippen LogP contribution in [-0.2, 0) is 20.1 Å². The van der Waals surface area contributed by atoms with Crippen molar-refractivity contribution in [1.29, 1.82) is 0 Å². The summed E-state index contributed by atoms with van der Waals surface area (Å²) in [4.78, 5) is 14.6. The van der Waals surface area contributed by atoms with Crippen molar-refractivity contribution in [2.24, 2.45) is 7.05 Å². The van der Waals surface area contributed by atoms with Crippen LogP contribution in [0.3, 0.4) is 0 Å². The first-order valence-corrected chi connectivity index (χ1v) is 3.81. The zero-order chi connectivity index (χ0) is 9.59. The molecule has 0 aliphatic carbocycles. The van der Waals surface area contributed by atoms with Gasteiger partial charge in [-0.15, -0.1) is 0 Å². The number of imidazole rings is 1. The highest BCUT2D eigenvalue weighted by Gasteiger charge is 2.26. The average Bonchev–Trinajstić information content (AvgIpc) is 2.51. The van der Waals surface area contributed by atoms with Crippen LogP contribution in [0.4, 0.5) is 0 Å². The van der Waals surface area contributed by atoms with E-state index in [1.54, 1.807) is 7.05 Å². The van der Waals surface area contributed by atoms with Crippen molar-refractivity contribution in [3.05, 3.63) is 17.2 Å². The molecule has 2 heterocycles. The van der Waals surface area contributed by atoms with E-state index in [2.05, 4.69) is 4.98 Å². The fourth-order valence-corrected chi connectivity index (χ4v) is 1.51. The maximum atomic E-state index is 10.6. The third kappa shape index (κ3) is 1.11. The molecule has 0 atom stereocenters. The van der Waals surface area contributed by atoms with Crippen molar-refractivity contribution in [1.82, 2.24) is 14.6 Å². The van der Waals surface area contributed by atoms with Crippen molar-refractivity contribution < 1.29 is 15.1 Å². The van der Waals surface area contributed by atoms with Gasteiger partial charge in [0.05, 0.1) is 24.5 Å². The van der Waals surface area contributed by atoms with E-state index < -0.39 is 5.97 Å². The maximum absolute atomic E-state index is 10.6. The lowest BCUT2D eigenvalue weighted by molar-refractivity contribution is -0.0986. The molecule has 0 amide bonds. The van der Waals surface area contributed by atoms with Gasteiger partial charge in [0.2, 0.25) is 5.82 Å². The van der Waals surface area contributed by atoms with Gasteiger partial charge in [-0.25, -0.2) is 9.78 Å². The van der Waals surface area contributed by atoms with Gasteiger partial charge in [-0.2, -0.15) is 5.06 Å². The second kappa shape index (κ2) is 2.54. The number of aromatic nitrogens is 2. The lowest BCUT2D eigenvalue weighted by Crippen LogP contribution is -2.14. The highest BCUT2D eigenvalue weighted by Crippen LogP contribution is 2.20. The molecule has 6 nitrogen and oxygen atoms in total. The molecule has 0 fully saturated rings. The fraction of sp³-hybridized carbons (Fsp3) is 0.429. The van der Waals surface area contributed by atoms with E-state index in [1.165, 1.54) is 4.57 Å². The Hall–Kier alpha value is -1.40. The molecule has 1 aliphatic heterocycles. The zero-order valence-electron chi connectivity index (χ0n) is 7.06. The first-order chi connectivity index (χ1) is 6.09. The topological polar surface area (TPSA) is 78.6 Å². The van der Waals surface area contributed by atoms with E-state index in [9.17, 15) is 4.79 Å². The Bertz CT molecular complexity index is 371. The smallest absolute Gasteiger partial charge is 0.372 e. The Kier molecular flexibility index (Phi) is 1.61. The summed E-state index contributed by atoms with van der Waals surface area (Å²) in [6.45, 7) is 0.641. The van der Waals surface area contributed by atoms with Crippen molar-refractivity contribution in [3.8, 4) is 0 Å². The van der Waals surface area contributed by atoms with Crippen molar-refractivity contribution in [3.63, 3.8) is 0 Å². The average molecular weight is 183 g/mol. The molecular weight excluding hydrogens is 174 g/mol. The van der Waals surface area contributed by atoms with Gasteiger partial charge >= 0.3 is 5.97 Å². The Morgan fingerprint density at radius 3 is 2.77 bits per heavy atom. The van der Waals surface area contributed by atoms with Gasteiger partial charge in [0, 0.05) is 7.05 Å². The number of carbonyl (C=O) groups is 1. The third-order valence-electron chi connectivity index (χ3n) is 2.15. The van der Waals surface area contributed by atoms with Crippen LogP contribution in [-0.4, -0.2) is 30.9 Å². The highest BCUT2D eigenvalue weighted by molar-refractivity contribution is 5.83. The predicted octanol–water partition coefficient (Wildman–Crippen LogP) is -0.177. The Morgan fingerprint density at radius 2 is 2.23 bits per heavy atom. The Morgan fingerprint density at radius 1 is 1.54 bits per heavy atom. The van der Waals surface area contributed by atoms with Gasteiger partial charge in [-0.05, 0) is 0 Å². The van der Waals surface area contributed by atoms with Gasteiger partial charge in [0.15, 0.2) is 0 Å². The summed E-state index contributed by atoms with van der Waals surface area (Å²) < 4.78 is 1.49. The fourth-order valence-electron chi connectivity index (χ4n) is 1.51. The number of carboxylic acid groups (broad SMARTS) is 1. The van der Waals surface area contributed by atoms with Gasteiger partial charge in [-0.3, -0.25) is 0 Å². The molecule has 0 bridgehead atoms. The lowest BCUT2D eigenvalue weighted by atomic mass is 10.4. The van der Waals surface area contributed by atoms with E-state index in [-0.39, 0.29) is 5.82 Å². The van der Waals surface area contributed by atoms with Crippen LogP contribution in [0.5, 0.6) is 0 Å². The van der Waals surface area contributed by atoms with Gasteiger partial charge in [0.25, 0.3) is 0 Å². The molecule has 0 unspecified atom stereocenters. The summed E-state index contributed by atoms with van der Waals surface area (Å²) in [7, 11) is 1.63. The largest absolute Gasteiger partial charge is 0.475 e. The number of hydrogen-bond acceptors (Lipinski definition) is 4. The van der Waals surface area contributed by atoms with E-state index in [0.717, 1.165) is 10.8 Å². The summed E-state index contributed by atoms with van der Waals surface area (Å²) in [6.07, 6.45) is 0. The normalized spacial score (nSPS) is 16.2. The maximum Gasteiger partial charge on any atom is 0.372 e. The minimum atomic E-state index is -1.04. The van der Waals surface area contributed by atoms with Crippen molar-refractivity contribution in [2.75, 3.05) is 0 Å². The van der Waals surface area contributed by atoms with Crippen LogP contribution in [0.25, 0.3) is 0 Å². The molecule has 0 radical (unpaired) electrons. The van der Waals surface area contributed by atoms with E-state index in [1.807, 2.05) is 0 Å². The summed E-state index contributed by atoms with van der Waals surface area (Å²) in [5.74, 6) is -1.01. The first kappa shape index (κ1) is 8.21. The lowest BCUT2D eigenvalue weighted by Gasteiger charge is -2.05. The van der Waals surface area contributed by atoms with Gasteiger partial charge in [0.1, 0.15) is 0 Å². The number of fused-ring (bicyclic) bond motifs is 1. The van der Waals surface area contributed by atoms with Gasteiger partial charge < -0.3 is 14.9 Å². The number of hydroxylamine groups is 2. The summed E-state index contributed by atoms with van der Waals surface area (Å²) in [5, 5.41) is 19.0. The van der Waals surface area contributed by atoms with Crippen molar-refractivity contribution in [2.45, 2.75) is 13.1 Å². The zero-order valence-corrected chi connectivity index (χ0v) is 7.06. The molecule has 0 aromatic carbocycles. The van der Waals surface area contributed by atoms with Crippen LogP contribution in [0, 0.1) is 0 Å². The van der Waals surface area contributed by atoms with Crippen LogP contribution >= 0.6 is 0 Å². The van der Waals surface area contributed by atoms with Crippen LogP contribution in [0.1, 0.15) is 22.0 Å². The number of nitrogens with zero attached hydrogens (tertiary/aromatic N) is 3. The molecule has 13 heavy (non-hydrogen) atoms. The Balaban J connectivity index is 2.47. The molecule has 2 N–H and O–H groups in total. The van der Waals surface area contributed by atoms with Crippen LogP contribution in [0.2, 0.25) is 0 Å². The quantitative estimate of drug-likeness (QED) is 0.631. The van der Waals surface area contributed by atoms with Gasteiger partial charge in [-0.1, -0.05) is 0 Å². The number of rotatable bonds is 1. The third-order valence-corrected chi connectivity index (χ3v) is 2.15. The van der Waals surface area contributed by atoms with Crippen LogP contribution < -0.4 is 0 Å². The monoisotopic (exact) mass is 183 g/mol. The molecule has 1 aromatic rings. The molecule has 0 saturated heterocycles. The molecule has 2 rings (SSSR count). The molecule has 70 valence electrons. The van der Waals surface area contributed by atoms with E-state index in [0.29, 0.717) is 18.8 Å². The molecule has 6 heteroatoms. The minimum absolute atomic E-state index is 0.0260. The Labute approximate surface area is 74.0 Å². The summed E-state index contributed by atoms with van der Waals surface area (Å²) >= 11 is 0. The molecular formula is C7H9N3O3. The second-order valence-corrected chi connectivity index (χ2v) is 3.02. The second-order valence-electron chi connectivity index (χ2n) is 3.02. The summed E-state index contributed by atoms with van der Waals surface area (Å²) in [6, 6.07) is 0. The predicted molar refractivity (Wildman–Crippen MR) is 41.2 cm³/mol. The molecule has 1 aromatic heterocycles.